The van der Waals surface area contributed by atoms with Crippen molar-refractivity contribution in [1.29, 1.82) is 0 Å². The van der Waals surface area contributed by atoms with E-state index in [2.05, 4.69) is 10.3 Å². The highest BCUT2D eigenvalue weighted by Crippen LogP contribution is 2.19. The molecule has 4 rings (SSSR count). The number of nitrogens with zero attached hydrogens (tertiary/aromatic N) is 2. The van der Waals surface area contributed by atoms with Gasteiger partial charge < -0.3 is 9.88 Å². The summed E-state index contributed by atoms with van der Waals surface area (Å²) in [6.45, 7) is 0.108. The molecule has 140 valence electrons. The van der Waals surface area contributed by atoms with Crippen molar-refractivity contribution in [3.05, 3.63) is 90.8 Å². The van der Waals surface area contributed by atoms with E-state index in [9.17, 15) is 9.00 Å². The Labute approximate surface area is 165 Å². The zero-order chi connectivity index (χ0) is 19.3. The van der Waals surface area contributed by atoms with E-state index in [1.807, 2.05) is 89.5 Å². The molecule has 1 amide bonds. The average molecular weight is 389 g/mol. The van der Waals surface area contributed by atoms with Gasteiger partial charge in [0.05, 0.1) is 27.6 Å². The summed E-state index contributed by atoms with van der Waals surface area (Å²) in [5, 5.41) is 2.89. The minimum atomic E-state index is -1.24. The lowest BCUT2D eigenvalue weighted by Crippen LogP contribution is -2.20. The Bertz CT molecular complexity index is 1120. The molecule has 0 aliphatic heterocycles. The number of para-hydroxylation sites is 3. The van der Waals surface area contributed by atoms with Gasteiger partial charge in [0.2, 0.25) is 5.91 Å². The normalized spacial score (nSPS) is 12.0. The number of aromatic nitrogens is 2. The van der Waals surface area contributed by atoms with Gasteiger partial charge in [-0.2, -0.15) is 0 Å². The van der Waals surface area contributed by atoms with E-state index >= 15 is 0 Å². The molecule has 1 heterocycles. The maximum atomic E-state index is 12.8. The molecule has 28 heavy (non-hydrogen) atoms. The Kier molecular flexibility index (Phi) is 5.30. The van der Waals surface area contributed by atoms with Crippen LogP contribution in [0.25, 0.3) is 11.0 Å². The van der Waals surface area contributed by atoms with Crippen LogP contribution in [0.1, 0.15) is 5.82 Å². The van der Waals surface area contributed by atoms with Crippen LogP contribution in [0, 0.1) is 0 Å². The highest BCUT2D eigenvalue weighted by molar-refractivity contribution is 7.84. The minimum absolute atomic E-state index is 0.108. The van der Waals surface area contributed by atoms with Crippen molar-refractivity contribution in [1.82, 2.24) is 9.55 Å². The number of hydrogen-bond donors (Lipinski definition) is 1. The van der Waals surface area contributed by atoms with Crippen molar-refractivity contribution in [3.8, 4) is 0 Å². The zero-order valence-corrected chi connectivity index (χ0v) is 15.9. The fraction of sp³-hybridized carbons (Fsp3) is 0.0909. The van der Waals surface area contributed by atoms with Crippen molar-refractivity contribution in [3.63, 3.8) is 0 Å². The van der Waals surface area contributed by atoms with Crippen LogP contribution >= 0.6 is 0 Å². The second-order valence-corrected chi connectivity index (χ2v) is 7.77. The van der Waals surface area contributed by atoms with Gasteiger partial charge in [0.15, 0.2) is 0 Å². The van der Waals surface area contributed by atoms with Crippen LogP contribution in [-0.4, -0.2) is 19.7 Å². The number of fused-ring (bicyclic) bond motifs is 1. The number of carbonyl (C=O) groups excluding carboxylic acids is 1. The number of imidazole rings is 1. The molecule has 0 aliphatic carbocycles. The Balaban J connectivity index is 1.62. The minimum Gasteiger partial charge on any atom is -0.325 e. The molecule has 0 fully saturated rings. The lowest BCUT2D eigenvalue weighted by atomic mass is 10.3. The third kappa shape index (κ3) is 4.02. The van der Waals surface area contributed by atoms with E-state index in [4.69, 9.17) is 0 Å². The molecule has 0 radical (unpaired) electrons. The van der Waals surface area contributed by atoms with Gasteiger partial charge in [0.1, 0.15) is 12.4 Å². The number of carbonyl (C=O) groups is 1. The fourth-order valence-electron chi connectivity index (χ4n) is 3.05. The van der Waals surface area contributed by atoms with Crippen molar-refractivity contribution in [2.45, 2.75) is 17.2 Å². The predicted molar refractivity (Wildman–Crippen MR) is 111 cm³/mol. The van der Waals surface area contributed by atoms with E-state index in [-0.39, 0.29) is 18.2 Å². The number of rotatable bonds is 6. The number of nitrogens with one attached hydrogen (secondary N) is 1. The molecule has 0 spiro atoms. The molecule has 3 aromatic carbocycles. The Hall–Kier alpha value is -3.25. The van der Waals surface area contributed by atoms with Gasteiger partial charge in [-0.05, 0) is 36.4 Å². The van der Waals surface area contributed by atoms with Crippen LogP contribution in [0.3, 0.4) is 0 Å². The number of amides is 1. The van der Waals surface area contributed by atoms with E-state index < -0.39 is 10.8 Å². The standard InChI is InChI=1S/C22H19N3O2S/c26-22(23-17-9-3-1-4-10-17)15-25-20-14-8-7-13-19(20)24-21(25)16-28(27)18-11-5-2-6-12-18/h1-14H,15-16H2,(H,23,26). The first-order valence-electron chi connectivity index (χ1n) is 8.93. The third-order valence-corrected chi connectivity index (χ3v) is 5.68. The molecule has 0 aliphatic rings. The molecule has 0 saturated carbocycles. The van der Waals surface area contributed by atoms with Crippen molar-refractivity contribution in [2.75, 3.05) is 5.32 Å². The largest absolute Gasteiger partial charge is 0.325 e. The molecular weight excluding hydrogens is 370 g/mol. The van der Waals surface area contributed by atoms with Crippen molar-refractivity contribution < 1.29 is 9.00 Å². The monoisotopic (exact) mass is 389 g/mol. The van der Waals surface area contributed by atoms with Crippen molar-refractivity contribution >= 4 is 33.4 Å². The highest BCUT2D eigenvalue weighted by Gasteiger charge is 2.16. The highest BCUT2D eigenvalue weighted by atomic mass is 32.2. The van der Waals surface area contributed by atoms with Gasteiger partial charge >= 0.3 is 0 Å². The van der Waals surface area contributed by atoms with Gasteiger partial charge in [-0.1, -0.05) is 48.5 Å². The molecule has 1 N–H and O–H groups in total. The zero-order valence-electron chi connectivity index (χ0n) is 15.1. The summed E-state index contributed by atoms with van der Waals surface area (Å²) in [6.07, 6.45) is 0. The molecule has 0 bridgehead atoms. The maximum absolute atomic E-state index is 12.8. The van der Waals surface area contributed by atoms with E-state index in [1.54, 1.807) is 0 Å². The van der Waals surface area contributed by atoms with Gasteiger partial charge in [-0.25, -0.2) is 4.98 Å². The molecule has 0 saturated heterocycles. The Morgan fingerprint density at radius 1 is 0.893 bits per heavy atom. The SMILES string of the molecule is O=C(Cn1c(CS(=O)c2ccccc2)nc2ccccc21)Nc1ccccc1. The molecule has 1 aromatic heterocycles. The van der Waals surface area contributed by atoms with Gasteiger partial charge in [-0.3, -0.25) is 9.00 Å². The average Bonchev–Trinajstić information content (AvgIpc) is 3.06. The molecule has 1 unspecified atom stereocenters. The molecule has 1 atom stereocenters. The Morgan fingerprint density at radius 3 is 2.29 bits per heavy atom. The summed E-state index contributed by atoms with van der Waals surface area (Å²) in [5.74, 6) is 0.727. The molecule has 4 aromatic rings. The summed E-state index contributed by atoms with van der Waals surface area (Å²) < 4.78 is 14.6. The molecule has 6 heteroatoms. The topological polar surface area (TPSA) is 64.0 Å². The van der Waals surface area contributed by atoms with E-state index in [0.717, 1.165) is 21.6 Å². The smallest absolute Gasteiger partial charge is 0.244 e. The number of benzene rings is 3. The van der Waals surface area contributed by atoms with Crippen LogP contribution in [-0.2, 0) is 27.9 Å². The summed E-state index contributed by atoms with van der Waals surface area (Å²) in [6, 6.07) is 26.3. The first kappa shape index (κ1) is 18.1. The fourth-order valence-corrected chi connectivity index (χ4v) is 4.13. The van der Waals surface area contributed by atoms with Gasteiger partial charge in [-0.15, -0.1) is 0 Å². The summed E-state index contributed by atoms with van der Waals surface area (Å²) in [4.78, 5) is 18.0. The molecular formula is C22H19N3O2S. The van der Waals surface area contributed by atoms with Crippen LogP contribution < -0.4 is 5.32 Å². The number of hydrogen-bond acceptors (Lipinski definition) is 3. The first-order valence-corrected chi connectivity index (χ1v) is 10.2. The summed E-state index contributed by atoms with van der Waals surface area (Å²) in [5.41, 5.74) is 2.38. The Morgan fingerprint density at radius 2 is 1.54 bits per heavy atom. The molecule has 5 nitrogen and oxygen atoms in total. The van der Waals surface area contributed by atoms with Crippen LogP contribution in [0.5, 0.6) is 0 Å². The van der Waals surface area contributed by atoms with Crippen LogP contribution in [0.15, 0.2) is 89.8 Å². The second kappa shape index (κ2) is 8.19. The van der Waals surface area contributed by atoms with Gasteiger partial charge in [0, 0.05) is 10.6 Å². The second-order valence-electron chi connectivity index (χ2n) is 6.32. The summed E-state index contributed by atoms with van der Waals surface area (Å²) >= 11 is 0. The predicted octanol–water partition coefficient (Wildman–Crippen LogP) is 3.98. The van der Waals surface area contributed by atoms with Crippen LogP contribution in [0.4, 0.5) is 5.69 Å². The first-order chi connectivity index (χ1) is 13.7. The van der Waals surface area contributed by atoms with E-state index in [1.165, 1.54) is 0 Å². The van der Waals surface area contributed by atoms with Crippen LogP contribution in [0.2, 0.25) is 0 Å². The summed E-state index contributed by atoms with van der Waals surface area (Å²) in [7, 11) is -1.24. The van der Waals surface area contributed by atoms with Gasteiger partial charge in [0.25, 0.3) is 0 Å². The van der Waals surface area contributed by atoms with E-state index in [0.29, 0.717) is 5.82 Å². The lowest BCUT2D eigenvalue weighted by molar-refractivity contribution is -0.116. The maximum Gasteiger partial charge on any atom is 0.244 e. The third-order valence-electron chi connectivity index (χ3n) is 4.36. The lowest BCUT2D eigenvalue weighted by Gasteiger charge is -2.10. The number of anilines is 1. The quantitative estimate of drug-likeness (QED) is 0.542. The van der Waals surface area contributed by atoms with Crippen molar-refractivity contribution in [2.24, 2.45) is 0 Å².